The topological polar surface area (TPSA) is 55.1 Å². The second-order valence-electron chi connectivity index (χ2n) is 4.80. The summed E-state index contributed by atoms with van der Waals surface area (Å²) in [5, 5.41) is 4.96. The lowest BCUT2D eigenvalue weighted by Crippen LogP contribution is -2.37. The van der Waals surface area contributed by atoms with Crippen LogP contribution in [0, 0.1) is 5.92 Å². The van der Waals surface area contributed by atoms with Gasteiger partial charge in [-0.05, 0) is 43.0 Å². The second-order valence-corrected chi connectivity index (χ2v) is 5.72. The number of carbonyl (C=O) groups excluding carboxylic acids is 1. The molecular formula is C13H20N2OS. The fourth-order valence-corrected chi connectivity index (χ4v) is 3.19. The molecule has 0 radical (unpaired) electrons. The van der Waals surface area contributed by atoms with E-state index in [9.17, 15) is 4.79 Å². The summed E-state index contributed by atoms with van der Waals surface area (Å²) in [6, 6.07) is 2.12. The van der Waals surface area contributed by atoms with Crippen molar-refractivity contribution in [1.29, 1.82) is 0 Å². The third kappa shape index (κ3) is 3.00. The maximum Gasteiger partial charge on any atom is 0.263 e. The van der Waals surface area contributed by atoms with Gasteiger partial charge in [-0.1, -0.05) is 13.3 Å². The summed E-state index contributed by atoms with van der Waals surface area (Å²) < 4.78 is 0. The number of amides is 1. The summed E-state index contributed by atoms with van der Waals surface area (Å²) in [6.45, 7) is 2.25. The molecule has 3 nitrogen and oxygen atoms in total. The Labute approximate surface area is 106 Å². The number of nitrogens with one attached hydrogen (secondary N) is 1. The van der Waals surface area contributed by atoms with Crippen molar-refractivity contribution in [2.45, 2.75) is 45.1 Å². The Morgan fingerprint density at radius 2 is 2.18 bits per heavy atom. The molecule has 3 N–H and O–H groups in total. The van der Waals surface area contributed by atoms with Crippen molar-refractivity contribution in [2.75, 3.05) is 5.73 Å². The highest BCUT2D eigenvalue weighted by atomic mass is 32.1. The maximum atomic E-state index is 12.0. The average molecular weight is 252 g/mol. The summed E-state index contributed by atoms with van der Waals surface area (Å²) in [6.07, 6.45) is 5.95. The van der Waals surface area contributed by atoms with Crippen LogP contribution >= 0.6 is 11.3 Å². The Balaban J connectivity index is 1.86. The third-order valence-corrected chi connectivity index (χ3v) is 4.59. The quantitative estimate of drug-likeness (QED) is 0.868. The number of nitrogens with two attached hydrogens (primary N) is 1. The van der Waals surface area contributed by atoms with E-state index in [-0.39, 0.29) is 5.91 Å². The zero-order valence-corrected chi connectivity index (χ0v) is 11.1. The van der Waals surface area contributed by atoms with Crippen molar-refractivity contribution < 1.29 is 4.79 Å². The van der Waals surface area contributed by atoms with Gasteiger partial charge < -0.3 is 11.1 Å². The number of anilines is 1. The van der Waals surface area contributed by atoms with E-state index in [1.165, 1.54) is 30.6 Å². The summed E-state index contributed by atoms with van der Waals surface area (Å²) in [4.78, 5) is 12.6. The van der Waals surface area contributed by atoms with Gasteiger partial charge >= 0.3 is 0 Å². The van der Waals surface area contributed by atoms with Gasteiger partial charge in [-0.3, -0.25) is 4.79 Å². The van der Waals surface area contributed by atoms with Gasteiger partial charge in [0.2, 0.25) is 0 Å². The lowest BCUT2D eigenvalue weighted by Gasteiger charge is -2.28. The fourth-order valence-electron chi connectivity index (χ4n) is 2.47. The normalized spacial score (nSPS) is 24.5. The van der Waals surface area contributed by atoms with E-state index in [0.29, 0.717) is 16.6 Å². The molecule has 1 aromatic rings. The molecule has 1 amide bonds. The highest BCUT2D eigenvalue weighted by Gasteiger charge is 2.22. The Morgan fingerprint density at radius 1 is 1.47 bits per heavy atom. The van der Waals surface area contributed by atoms with E-state index in [0.717, 1.165) is 18.8 Å². The molecule has 0 aromatic carbocycles. The van der Waals surface area contributed by atoms with Crippen LogP contribution in [0.1, 0.15) is 48.7 Å². The van der Waals surface area contributed by atoms with E-state index in [2.05, 4.69) is 12.2 Å². The number of hydrogen-bond donors (Lipinski definition) is 2. The molecule has 0 bridgehead atoms. The van der Waals surface area contributed by atoms with Crippen LogP contribution in [0.15, 0.2) is 11.4 Å². The van der Waals surface area contributed by atoms with Crippen LogP contribution in [0.2, 0.25) is 0 Å². The van der Waals surface area contributed by atoms with Crippen LogP contribution in [0.5, 0.6) is 0 Å². The standard InChI is InChI=1S/C13H20N2OS/c1-2-9-3-5-10(6-4-9)15-13(16)12-11(14)7-8-17-12/h7-10H,2-6,14H2,1H3,(H,15,16). The minimum Gasteiger partial charge on any atom is -0.397 e. The molecule has 1 aliphatic rings. The molecule has 1 aliphatic carbocycles. The predicted molar refractivity (Wildman–Crippen MR) is 72.2 cm³/mol. The van der Waals surface area contributed by atoms with Gasteiger partial charge in [0.1, 0.15) is 4.88 Å². The first-order chi connectivity index (χ1) is 8.20. The van der Waals surface area contributed by atoms with E-state index in [1.807, 2.05) is 5.38 Å². The zero-order chi connectivity index (χ0) is 12.3. The molecule has 1 saturated carbocycles. The van der Waals surface area contributed by atoms with Crippen molar-refractivity contribution in [3.63, 3.8) is 0 Å². The van der Waals surface area contributed by atoms with Crippen molar-refractivity contribution in [3.8, 4) is 0 Å². The van der Waals surface area contributed by atoms with E-state index in [1.54, 1.807) is 6.07 Å². The average Bonchev–Trinajstić information content (AvgIpc) is 2.76. The van der Waals surface area contributed by atoms with Crippen LogP contribution in [-0.4, -0.2) is 11.9 Å². The summed E-state index contributed by atoms with van der Waals surface area (Å²) in [5.41, 5.74) is 6.33. The number of rotatable bonds is 3. The Bertz CT molecular complexity index is 381. The molecule has 1 aromatic heterocycles. The molecule has 94 valence electrons. The molecule has 2 rings (SSSR count). The molecule has 0 saturated heterocycles. The van der Waals surface area contributed by atoms with E-state index < -0.39 is 0 Å². The van der Waals surface area contributed by atoms with E-state index in [4.69, 9.17) is 5.73 Å². The maximum absolute atomic E-state index is 12.0. The molecule has 17 heavy (non-hydrogen) atoms. The van der Waals surface area contributed by atoms with E-state index >= 15 is 0 Å². The van der Waals surface area contributed by atoms with Gasteiger partial charge in [-0.15, -0.1) is 11.3 Å². The Kier molecular flexibility index (Phi) is 4.05. The van der Waals surface area contributed by atoms with Crippen LogP contribution in [0.4, 0.5) is 5.69 Å². The molecule has 0 spiro atoms. The predicted octanol–water partition coefficient (Wildman–Crippen LogP) is 3.03. The number of carbonyl (C=O) groups is 1. The molecule has 1 fully saturated rings. The van der Waals surface area contributed by atoms with Gasteiger partial charge in [0.15, 0.2) is 0 Å². The van der Waals surface area contributed by atoms with Crippen LogP contribution in [-0.2, 0) is 0 Å². The number of thiophene rings is 1. The van der Waals surface area contributed by atoms with Crippen molar-refractivity contribution in [1.82, 2.24) is 5.32 Å². The van der Waals surface area contributed by atoms with Gasteiger partial charge in [-0.2, -0.15) is 0 Å². The lowest BCUT2D eigenvalue weighted by molar-refractivity contribution is 0.0926. The molecule has 0 atom stereocenters. The first kappa shape index (κ1) is 12.4. The van der Waals surface area contributed by atoms with Gasteiger partial charge in [0, 0.05) is 6.04 Å². The number of hydrogen-bond acceptors (Lipinski definition) is 3. The molecular weight excluding hydrogens is 232 g/mol. The lowest BCUT2D eigenvalue weighted by atomic mass is 9.84. The molecule has 4 heteroatoms. The minimum absolute atomic E-state index is 0.00236. The highest BCUT2D eigenvalue weighted by Crippen LogP contribution is 2.27. The largest absolute Gasteiger partial charge is 0.397 e. The first-order valence-corrected chi connectivity index (χ1v) is 7.22. The minimum atomic E-state index is -0.00236. The van der Waals surface area contributed by atoms with Crippen LogP contribution in [0.25, 0.3) is 0 Å². The van der Waals surface area contributed by atoms with Crippen molar-refractivity contribution in [2.24, 2.45) is 5.92 Å². The van der Waals surface area contributed by atoms with Crippen molar-refractivity contribution in [3.05, 3.63) is 16.3 Å². The van der Waals surface area contributed by atoms with Gasteiger partial charge in [0.25, 0.3) is 5.91 Å². The second kappa shape index (κ2) is 5.54. The summed E-state index contributed by atoms with van der Waals surface area (Å²) in [5.74, 6) is 0.854. The Morgan fingerprint density at radius 3 is 2.71 bits per heavy atom. The van der Waals surface area contributed by atoms with Crippen LogP contribution < -0.4 is 11.1 Å². The molecule has 0 unspecified atom stereocenters. The highest BCUT2D eigenvalue weighted by molar-refractivity contribution is 7.12. The monoisotopic (exact) mass is 252 g/mol. The van der Waals surface area contributed by atoms with Crippen LogP contribution in [0.3, 0.4) is 0 Å². The smallest absolute Gasteiger partial charge is 0.263 e. The summed E-state index contributed by atoms with van der Waals surface area (Å²) in [7, 11) is 0. The fraction of sp³-hybridized carbons (Fsp3) is 0.615. The molecule has 0 aliphatic heterocycles. The Hall–Kier alpha value is -1.03. The first-order valence-electron chi connectivity index (χ1n) is 6.34. The molecule has 1 heterocycles. The summed E-state index contributed by atoms with van der Waals surface area (Å²) >= 11 is 1.41. The van der Waals surface area contributed by atoms with Gasteiger partial charge in [0.05, 0.1) is 5.69 Å². The van der Waals surface area contributed by atoms with Crippen molar-refractivity contribution >= 4 is 22.9 Å². The van der Waals surface area contributed by atoms with Gasteiger partial charge in [-0.25, -0.2) is 0 Å². The third-order valence-electron chi connectivity index (χ3n) is 3.66. The number of nitrogen functional groups attached to an aromatic ring is 1. The SMILES string of the molecule is CCC1CCC(NC(=O)c2sccc2N)CC1. The zero-order valence-electron chi connectivity index (χ0n) is 10.2.